The number of hydrogen-bond acceptors (Lipinski definition) is 4. The van der Waals surface area contributed by atoms with E-state index in [1.54, 1.807) is 0 Å². The lowest BCUT2D eigenvalue weighted by atomic mass is 10.0. The number of nitrogens with zero attached hydrogens (tertiary/aromatic N) is 2. The number of thioether (sulfide) groups is 1. The number of ether oxygens (including phenoxy) is 1. The summed E-state index contributed by atoms with van der Waals surface area (Å²) < 4.78 is 5.68. The van der Waals surface area contributed by atoms with Crippen LogP contribution >= 0.6 is 35.7 Å². The van der Waals surface area contributed by atoms with Crippen molar-refractivity contribution in [3.63, 3.8) is 0 Å². The van der Waals surface area contributed by atoms with Crippen LogP contribution in [0.3, 0.4) is 0 Å². The normalized spacial score (nSPS) is 18.0. The molecule has 0 amide bonds. The Morgan fingerprint density at radius 2 is 1.88 bits per heavy atom. The molecule has 1 saturated heterocycles. The van der Waals surface area contributed by atoms with E-state index in [9.17, 15) is 0 Å². The van der Waals surface area contributed by atoms with Crippen molar-refractivity contribution < 1.29 is 4.74 Å². The molecule has 0 aromatic carbocycles. The topological polar surface area (TPSA) is 48.9 Å². The van der Waals surface area contributed by atoms with E-state index in [-0.39, 0.29) is 28.7 Å². The summed E-state index contributed by atoms with van der Waals surface area (Å²) in [4.78, 5) is 7.34. The number of aliphatic imine (C=N–C) groups is 1. The quantitative estimate of drug-likeness (QED) is 0.298. The van der Waals surface area contributed by atoms with Gasteiger partial charge in [0, 0.05) is 37.0 Å². The number of rotatable bonds is 9. The van der Waals surface area contributed by atoms with E-state index in [1.165, 1.54) is 6.42 Å². The third-order valence-electron chi connectivity index (χ3n) is 4.33. The fraction of sp³-hybridized carbons (Fsp3) is 0.944. The summed E-state index contributed by atoms with van der Waals surface area (Å²) in [5.74, 6) is 1.62. The minimum atomic E-state index is 0. The van der Waals surface area contributed by atoms with Crippen molar-refractivity contribution in [3.05, 3.63) is 0 Å². The molecule has 0 aromatic heterocycles. The van der Waals surface area contributed by atoms with E-state index in [0.717, 1.165) is 51.9 Å². The van der Waals surface area contributed by atoms with Crippen LogP contribution in [-0.2, 0) is 4.74 Å². The molecule has 0 aromatic rings. The molecule has 0 saturated carbocycles. The maximum atomic E-state index is 5.51. The van der Waals surface area contributed by atoms with Crippen LogP contribution in [0, 0.1) is 5.92 Å². The number of hydrogen-bond donors (Lipinski definition) is 2. The van der Waals surface area contributed by atoms with Gasteiger partial charge in [0.25, 0.3) is 0 Å². The molecule has 1 atom stereocenters. The Kier molecular flexibility index (Phi) is 13.6. The molecule has 25 heavy (non-hydrogen) atoms. The van der Waals surface area contributed by atoms with Crippen molar-refractivity contribution in [1.82, 2.24) is 15.5 Å². The highest BCUT2D eigenvalue weighted by Crippen LogP contribution is 2.21. The van der Waals surface area contributed by atoms with Gasteiger partial charge in [-0.2, -0.15) is 11.8 Å². The monoisotopic (exact) mass is 486 g/mol. The minimum Gasteiger partial charge on any atom is -0.379 e. The predicted molar refractivity (Wildman–Crippen MR) is 123 cm³/mol. The molecule has 1 fully saturated rings. The fourth-order valence-electron chi connectivity index (χ4n) is 2.74. The second-order valence-electron chi connectivity index (χ2n) is 7.47. The van der Waals surface area contributed by atoms with Gasteiger partial charge in [0.05, 0.1) is 19.8 Å². The van der Waals surface area contributed by atoms with Gasteiger partial charge in [-0.1, -0.05) is 13.8 Å². The summed E-state index contributed by atoms with van der Waals surface area (Å²) >= 11 is 1.86. The molecule has 7 heteroatoms. The molecule has 1 rings (SSSR count). The third-order valence-corrected chi connectivity index (χ3v) is 5.56. The Balaban J connectivity index is 0.00000576. The molecular formula is C18H39IN4OS. The van der Waals surface area contributed by atoms with Crippen LogP contribution in [0.4, 0.5) is 0 Å². The molecule has 150 valence electrons. The van der Waals surface area contributed by atoms with Gasteiger partial charge in [-0.25, -0.2) is 0 Å². The van der Waals surface area contributed by atoms with E-state index in [1.807, 2.05) is 11.8 Å². The predicted octanol–water partition coefficient (Wildman–Crippen LogP) is 3.05. The van der Waals surface area contributed by atoms with Crippen LogP contribution in [0.25, 0.3) is 0 Å². The van der Waals surface area contributed by atoms with E-state index in [2.05, 4.69) is 56.4 Å². The molecule has 1 unspecified atom stereocenters. The maximum absolute atomic E-state index is 5.51. The lowest BCUT2D eigenvalue weighted by molar-refractivity contribution is 0.0132. The van der Waals surface area contributed by atoms with E-state index in [0.29, 0.717) is 12.0 Å². The van der Waals surface area contributed by atoms with Crippen molar-refractivity contribution in [1.29, 1.82) is 0 Å². The van der Waals surface area contributed by atoms with Crippen molar-refractivity contribution in [2.75, 3.05) is 52.2 Å². The second kappa shape index (κ2) is 13.4. The van der Waals surface area contributed by atoms with Gasteiger partial charge in [0.15, 0.2) is 5.96 Å². The molecule has 0 bridgehead atoms. The van der Waals surface area contributed by atoms with Crippen molar-refractivity contribution in [3.8, 4) is 0 Å². The maximum Gasteiger partial charge on any atom is 0.191 e. The van der Waals surface area contributed by atoms with Crippen molar-refractivity contribution >= 4 is 41.7 Å². The number of halogens is 1. The summed E-state index contributed by atoms with van der Waals surface area (Å²) in [6, 6.07) is 0.534. The summed E-state index contributed by atoms with van der Waals surface area (Å²) in [5.41, 5.74) is 0. The molecule has 1 aliphatic rings. The van der Waals surface area contributed by atoms with Gasteiger partial charge in [-0.15, -0.1) is 24.0 Å². The van der Waals surface area contributed by atoms with Crippen LogP contribution in [0.2, 0.25) is 0 Å². The molecular weight excluding hydrogens is 447 g/mol. The van der Waals surface area contributed by atoms with Crippen LogP contribution in [-0.4, -0.2) is 73.8 Å². The van der Waals surface area contributed by atoms with E-state index in [4.69, 9.17) is 9.73 Å². The highest BCUT2D eigenvalue weighted by Gasteiger charge is 2.22. The molecule has 2 N–H and O–H groups in total. The first kappa shape index (κ1) is 25.3. The Hall–Kier alpha value is 0.270. The Bertz CT molecular complexity index is 374. The standard InChI is InChI=1S/C18H38N4OS.HI/c1-7-19-17(21-14-18(4,5)24-6)20-13-16(12-15(2)3)22-8-10-23-11-9-22;/h15-16H,7-14H2,1-6H3,(H2,19,20,21);1H. The SMILES string of the molecule is CCNC(=NCC(C)(C)SC)NCC(CC(C)C)N1CCOCC1.I. The summed E-state index contributed by atoms with van der Waals surface area (Å²) in [6.45, 7) is 17.6. The molecule has 0 spiro atoms. The van der Waals surface area contributed by atoms with E-state index < -0.39 is 0 Å². The smallest absolute Gasteiger partial charge is 0.191 e. The summed E-state index contributed by atoms with van der Waals surface area (Å²) in [5, 5.41) is 6.94. The molecule has 0 aliphatic carbocycles. The fourth-order valence-corrected chi connectivity index (χ4v) is 2.93. The first-order valence-corrected chi connectivity index (χ1v) is 10.5. The van der Waals surface area contributed by atoms with Crippen LogP contribution < -0.4 is 10.6 Å². The lowest BCUT2D eigenvalue weighted by Crippen LogP contribution is -2.51. The molecule has 0 radical (unpaired) electrons. The largest absolute Gasteiger partial charge is 0.379 e. The lowest BCUT2D eigenvalue weighted by Gasteiger charge is -2.35. The number of guanidine groups is 1. The van der Waals surface area contributed by atoms with Gasteiger partial charge in [0.2, 0.25) is 0 Å². The zero-order valence-electron chi connectivity index (χ0n) is 16.9. The average molecular weight is 487 g/mol. The van der Waals surface area contributed by atoms with Gasteiger partial charge >= 0.3 is 0 Å². The average Bonchev–Trinajstić information content (AvgIpc) is 2.56. The molecule has 5 nitrogen and oxygen atoms in total. The van der Waals surface area contributed by atoms with Crippen molar-refractivity contribution in [2.45, 2.75) is 51.8 Å². The molecule has 1 aliphatic heterocycles. The van der Waals surface area contributed by atoms with Gasteiger partial charge in [0.1, 0.15) is 0 Å². The van der Waals surface area contributed by atoms with Crippen LogP contribution in [0.15, 0.2) is 4.99 Å². The second-order valence-corrected chi connectivity index (χ2v) is 8.99. The summed E-state index contributed by atoms with van der Waals surface area (Å²) in [6.07, 6.45) is 3.34. The zero-order valence-corrected chi connectivity index (χ0v) is 20.1. The third kappa shape index (κ3) is 10.9. The van der Waals surface area contributed by atoms with Gasteiger partial charge < -0.3 is 15.4 Å². The zero-order chi connectivity index (χ0) is 18.0. The Morgan fingerprint density at radius 1 is 1.24 bits per heavy atom. The highest BCUT2D eigenvalue weighted by molar-refractivity contribution is 14.0. The van der Waals surface area contributed by atoms with Crippen LogP contribution in [0.1, 0.15) is 41.0 Å². The van der Waals surface area contributed by atoms with E-state index >= 15 is 0 Å². The number of nitrogens with one attached hydrogen (secondary N) is 2. The van der Waals surface area contributed by atoms with Crippen LogP contribution in [0.5, 0.6) is 0 Å². The van der Waals surface area contributed by atoms with Gasteiger partial charge in [-0.3, -0.25) is 9.89 Å². The minimum absolute atomic E-state index is 0. The van der Waals surface area contributed by atoms with Crippen molar-refractivity contribution in [2.24, 2.45) is 10.9 Å². The first-order chi connectivity index (χ1) is 11.4. The van der Waals surface area contributed by atoms with Gasteiger partial charge in [-0.05, 0) is 39.4 Å². The summed E-state index contributed by atoms with van der Waals surface area (Å²) in [7, 11) is 0. The Labute approximate surface area is 176 Å². The first-order valence-electron chi connectivity index (χ1n) is 9.27. The molecule has 1 heterocycles. The highest BCUT2D eigenvalue weighted by atomic mass is 127. The Morgan fingerprint density at radius 3 is 2.40 bits per heavy atom. The number of morpholine rings is 1.